The van der Waals surface area contributed by atoms with Crippen molar-refractivity contribution in [2.75, 3.05) is 0 Å². The van der Waals surface area contributed by atoms with Gasteiger partial charge in [0.25, 0.3) is 0 Å². The fraction of sp³-hybridized carbons (Fsp3) is 0.324. The zero-order valence-corrected chi connectivity index (χ0v) is 26.2. The second kappa shape index (κ2) is 13.0. The highest BCUT2D eigenvalue weighted by Gasteiger charge is 2.34. The number of hydrogen-bond donors (Lipinski definition) is 0. The summed E-state index contributed by atoms with van der Waals surface area (Å²) >= 11 is 0. The molecule has 40 heavy (non-hydrogen) atoms. The predicted octanol–water partition coefficient (Wildman–Crippen LogP) is 9.95. The van der Waals surface area contributed by atoms with Crippen LogP contribution >= 0.6 is 8.58 Å². The maximum Gasteiger partial charge on any atom is 0.127 e. The van der Waals surface area contributed by atoms with Crippen molar-refractivity contribution in [2.24, 2.45) is 4.99 Å². The summed E-state index contributed by atoms with van der Waals surface area (Å²) in [5, 5.41) is 1.29. The topological polar surface area (TPSA) is 21.6 Å². The summed E-state index contributed by atoms with van der Waals surface area (Å²) in [6, 6.07) is 32.0. The van der Waals surface area contributed by atoms with E-state index in [1.54, 1.807) is 0 Å². The van der Waals surface area contributed by atoms with E-state index in [1.807, 2.05) is 36.5 Å². The number of ether oxygens (including phenoxy) is 1. The van der Waals surface area contributed by atoms with Gasteiger partial charge in [-0.15, -0.1) is 0 Å². The molecule has 2 unspecified atom stereocenters. The monoisotopic (exact) mass is 549 g/mol. The molecule has 0 aliphatic rings. The minimum absolute atomic E-state index is 0.0425. The number of aryl methyl sites for hydroxylation is 2. The molecular formula is C37H44NOP. The molecule has 4 rings (SSSR count). The zero-order chi connectivity index (χ0) is 28.8. The summed E-state index contributed by atoms with van der Waals surface area (Å²) < 4.78 is 6.81. The van der Waals surface area contributed by atoms with Gasteiger partial charge in [0.2, 0.25) is 0 Å². The summed E-state index contributed by atoms with van der Waals surface area (Å²) in [7, 11) is 0.570. The van der Waals surface area contributed by atoms with E-state index in [0.29, 0.717) is 15.2 Å². The van der Waals surface area contributed by atoms with Gasteiger partial charge in [-0.25, -0.2) is 0 Å². The SMILES string of the molecule is CCCC(C)(Pc1c(C)cccc1/C=N/c1ccccc1)c1cc(C)cc(C(C)(C)C)c1OCc1ccccc1. The highest BCUT2D eigenvalue weighted by Crippen LogP contribution is 2.51. The molecule has 0 saturated heterocycles. The normalized spacial score (nSPS) is 13.7. The molecule has 0 spiro atoms. The van der Waals surface area contributed by atoms with Crippen LogP contribution in [0.3, 0.4) is 0 Å². The maximum atomic E-state index is 6.81. The van der Waals surface area contributed by atoms with Crippen molar-refractivity contribution >= 4 is 25.8 Å². The maximum absolute atomic E-state index is 6.81. The molecule has 4 aromatic rings. The van der Waals surface area contributed by atoms with E-state index < -0.39 is 0 Å². The van der Waals surface area contributed by atoms with Crippen molar-refractivity contribution in [3.63, 3.8) is 0 Å². The zero-order valence-electron chi connectivity index (χ0n) is 25.2. The van der Waals surface area contributed by atoms with Gasteiger partial charge in [-0.2, -0.15) is 0 Å². The van der Waals surface area contributed by atoms with Crippen LogP contribution in [0.1, 0.15) is 80.8 Å². The van der Waals surface area contributed by atoms with Crippen LogP contribution in [0, 0.1) is 13.8 Å². The van der Waals surface area contributed by atoms with Gasteiger partial charge in [0.15, 0.2) is 0 Å². The van der Waals surface area contributed by atoms with Crippen molar-refractivity contribution in [3.8, 4) is 5.75 Å². The third-order valence-corrected chi connectivity index (χ3v) is 9.43. The molecule has 0 saturated carbocycles. The van der Waals surface area contributed by atoms with Crippen LogP contribution in [-0.2, 0) is 17.2 Å². The van der Waals surface area contributed by atoms with Crippen LogP contribution < -0.4 is 10.0 Å². The average Bonchev–Trinajstić information content (AvgIpc) is 2.93. The van der Waals surface area contributed by atoms with Gasteiger partial charge in [-0.1, -0.05) is 134 Å². The molecule has 4 aromatic carbocycles. The lowest BCUT2D eigenvalue weighted by atomic mass is 9.81. The van der Waals surface area contributed by atoms with E-state index in [0.717, 1.165) is 24.3 Å². The Morgan fingerprint density at radius 2 is 1.45 bits per heavy atom. The van der Waals surface area contributed by atoms with E-state index in [4.69, 9.17) is 9.73 Å². The first-order valence-electron chi connectivity index (χ1n) is 14.4. The van der Waals surface area contributed by atoms with Crippen molar-refractivity contribution in [3.05, 3.63) is 124 Å². The molecule has 0 aliphatic carbocycles. The van der Waals surface area contributed by atoms with Crippen LogP contribution in [0.2, 0.25) is 0 Å². The van der Waals surface area contributed by atoms with Gasteiger partial charge in [-0.3, -0.25) is 4.99 Å². The fourth-order valence-corrected chi connectivity index (χ4v) is 7.11. The first-order valence-corrected chi connectivity index (χ1v) is 15.4. The Morgan fingerprint density at radius 3 is 2.10 bits per heavy atom. The van der Waals surface area contributed by atoms with Gasteiger partial charge in [-0.05, 0) is 54.2 Å². The smallest absolute Gasteiger partial charge is 0.127 e. The van der Waals surface area contributed by atoms with E-state index in [1.165, 1.54) is 38.7 Å². The summed E-state index contributed by atoms with van der Waals surface area (Å²) in [5.74, 6) is 1.05. The predicted molar refractivity (Wildman–Crippen MR) is 176 cm³/mol. The van der Waals surface area contributed by atoms with Crippen LogP contribution in [0.4, 0.5) is 5.69 Å². The Labute approximate surface area is 243 Å². The molecule has 208 valence electrons. The van der Waals surface area contributed by atoms with E-state index >= 15 is 0 Å². The molecule has 0 heterocycles. The molecular weight excluding hydrogens is 505 g/mol. The summed E-state index contributed by atoms with van der Waals surface area (Å²) in [6.45, 7) is 16.6. The fourth-order valence-electron chi connectivity index (χ4n) is 5.29. The lowest BCUT2D eigenvalue weighted by Crippen LogP contribution is -2.25. The Kier molecular flexibility index (Phi) is 9.64. The highest BCUT2D eigenvalue weighted by molar-refractivity contribution is 7.49. The quantitative estimate of drug-likeness (QED) is 0.142. The summed E-state index contributed by atoms with van der Waals surface area (Å²) in [6.07, 6.45) is 4.21. The minimum Gasteiger partial charge on any atom is -0.488 e. The van der Waals surface area contributed by atoms with Crippen molar-refractivity contribution in [1.82, 2.24) is 0 Å². The van der Waals surface area contributed by atoms with Crippen molar-refractivity contribution in [1.29, 1.82) is 0 Å². The molecule has 0 aliphatic heterocycles. The van der Waals surface area contributed by atoms with Gasteiger partial charge >= 0.3 is 0 Å². The van der Waals surface area contributed by atoms with Gasteiger partial charge < -0.3 is 4.74 Å². The average molecular weight is 550 g/mol. The molecule has 2 atom stereocenters. The number of nitrogens with zero attached hydrogens (tertiary/aromatic N) is 1. The largest absolute Gasteiger partial charge is 0.488 e. The standard InChI is InChI=1S/C37H44NOP/c1-8-22-37(7,40-35-28(3)16-15-19-30(35)25-38-31-20-13-10-14-21-31)33-24-27(2)23-32(36(4,5)6)34(33)39-26-29-17-11-9-12-18-29/h9-21,23-25,40H,8,22,26H2,1-7H3/b38-25+. The first kappa shape index (κ1) is 29.8. The minimum atomic E-state index is -0.0890. The Hall–Kier alpha value is -3.22. The number of hydrogen-bond acceptors (Lipinski definition) is 2. The van der Waals surface area contributed by atoms with Gasteiger partial charge in [0.1, 0.15) is 12.4 Å². The molecule has 0 radical (unpaired) electrons. The number of rotatable bonds is 10. The van der Waals surface area contributed by atoms with Gasteiger partial charge in [0.05, 0.1) is 5.69 Å². The van der Waals surface area contributed by atoms with Crippen molar-refractivity contribution < 1.29 is 4.74 Å². The highest BCUT2D eigenvalue weighted by atomic mass is 31.1. The number of aliphatic imine (C=N–C) groups is 1. The second-order valence-electron chi connectivity index (χ2n) is 12.1. The molecule has 0 fully saturated rings. The van der Waals surface area contributed by atoms with Gasteiger partial charge in [0, 0.05) is 28.1 Å². The molecule has 3 heteroatoms. The van der Waals surface area contributed by atoms with Crippen LogP contribution in [0.15, 0.2) is 96.0 Å². The lowest BCUT2D eigenvalue weighted by Gasteiger charge is -2.36. The van der Waals surface area contributed by atoms with E-state index in [2.05, 4.69) is 109 Å². The van der Waals surface area contributed by atoms with Crippen LogP contribution in [-0.4, -0.2) is 6.21 Å². The third-order valence-electron chi connectivity index (χ3n) is 7.43. The van der Waals surface area contributed by atoms with Crippen LogP contribution in [0.25, 0.3) is 0 Å². The molecule has 0 N–H and O–H groups in total. The Morgan fingerprint density at radius 1 is 0.800 bits per heavy atom. The Bertz CT molecular complexity index is 1440. The number of benzene rings is 4. The molecule has 0 amide bonds. The van der Waals surface area contributed by atoms with Crippen molar-refractivity contribution in [2.45, 2.75) is 78.5 Å². The van der Waals surface area contributed by atoms with E-state index in [9.17, 15) is 0 Å². The summed E-state index contributed by atoms with van der Waals surface area (Å²) in [4.78, 5) is 4.82. The molecule has 0 aromatic heterocycles. The lowest BCUT2D eigenvalue weighted by molar-refractivity contribution is 0.290. The summed E-state index contributed by atoms with van der Waals surface area (Å²) in [5.41, 5.74) is 8.51. The van der Waals surface area contributed by atoms with E-state index in [-0.39, 0.29) is 10.6 Å². The molecule has 2 nitrogen and oxygen atoms in total. The van der Waals surface area contributed by atoms with Crippen LogP contribution in [0.5, 0.6) is 5.75 Å². The third kappa shape index (κ3) is 7.29. The first-order chi connectivity index (χ1) is 19.1. The Balaban J connectivity index is 1.82. The molecule has 0 bridgehead atoms. The number of para-hydroxylation sites is 1. The second-order valence-corrected chi connectivity index (χ2v) is 13.9.